The Morgan fingerprint density at radius 3 is 2.38 bits per heavy atom. The van der Waals surface area contributed by atoms with Crippen molar-refractivity contribution in [3.63, 3.8) is 0 Å². The molecule has 1 atom stereocenters. The molecule has 0 heterocycles. The quantitative estimate of drug-likeness (QED) is 0.490. The topological polar surface area (TPSA) is 52.4 Å². The molecule has 2 rings (SSSR count). The minimum Gasteiger partial charge on any atom is -0.479 e. The lowest BCUT2D eigenvalue weighted by molar-refractivity contribution is -0.386. The van der Waals surface area contributed by atoms with Gasteiger partial charge in [0.05, 0.1) is 4.92 Å². The van der Waals surface area contributed by atoms with E-state index in [4.69, 9.17) is 16.3 Å². The number of hydrogen-bond donors (Lipinski definition) is 0. The molecular weight excluding hydrogens is 347 g/mol. The van der Waals surface area contributed by atoms with Gasteiger partial charge in [0, 0.05) is 23.1 Å². The van der Waals surface area contributed by atoms with E-state index in [1.54, 1.807) is 12.1 Å². The molecule has 8 heteroatoms. The van der Waals surface area contributed by atoms with Crippen LogP contribution in [0.4, 0.5) is 18.9 Å². The second kappa shape index (κ2) is 7.53. The van der Waals surface area contributed by atoms with Crippen LogP contribution in [0, 0.1) is 10.1 Å². The number of para-hydroxylation sites is 2. The van der Waals surface area contributed by atoms with E-state index >= 15 is 0 Å². The lowest BCUT2D eigenvalue weighted by Gasteiger charge is -2.21. The van der Waals surface area contributed by atoms with E-state index < -0.39 is 30.0 Å². The van der Waals surface area contributed by atoms with Crippen LogP contribution in [0.25, 0.3) is 0 Å². The van der Waals surface area contributed by atoms with Crippen molar-refractivity contribution in [2.24, 2.45) is 0 Å². The maximum atomic E-state index is 12.6. The number of benzene rings is 2. The Balaban J connectivity index is 2.33. The number of ether oxygens (including phenoxy) is 1. The van der Waals surface area contributed by atoms with Crippen LogP contribution in [0.3, 0.4) is 0 Å². The molecule has 0 saturated heterocycles. The fraction of sp³-hybridized carbons (Fsp3) is 0.250. The molecular formula is C16H13ClF3NO3. The van der Waals surface area contributed by atoms with E-state index in [1.807, 2.05) is 0 Å². The summed E-state index contributed by atoms with van der Waals surface area (Å²) < 4.78 is 43.3. The van der Waals surface area contributed by atoms with Crippen molar-refractivity contribution in [1.29, 1.82) is 0 Å². The number of rotatable bonds is 6. The molecule has 0 bridgehead atoms. The maximum Gasteiger partial charge on any atom is 0.389 e. The fourth-order valence-electron chi connectivity index (χ4n) is 2.17. The van der Waals surface area contributed by atoms with Gasteiger partial charge < -0.3 is 4.74 Å². The van der Waals surface area contributed by atoms with E-state index in [0.29, 0.717) is 5.56 Å². The second-order valence-electron chi connectivity index (χ2n) is 5.01. The molecule has 2 aromatic carbocycles. The summed E-state index contributed by atoms with van der Waals surface area (Å²) in [5.41, 5.74) is 0.0307. The number of nitro benzene ring substituents is 1. The van der Waals surface area contributed by atoms with E-state index in [-0.39, 0.29) is 16.5 Å². The van der Waals surface area contributed by atoms with Gasteiger partial charge in [-0.15, -0.1) is 0 Å². The van der Waals surface area contributed by atoms with Crippen LogP contribution in [0.2, 0.25) is 5.02 Å². The third-order valence-electron chi connectivity index (χ3n) is 3.27. The normalized spacial score (nSPS) is 12.7. The molecule has 0 spiro atoms. The molecule has 0 N–H and O–H groups in total. The first kappa shape index (κ1) is 18.1. The van der Waals surface area contributed by atoms with Crippen molar-refractivity contribution < 1.29 is 22.8 Å². The predicted octanol–water partition coefficient (Wildman–Crippen LogP) is 5.71. The van der Waals surface area contributed by atoms with Crippen LogP contribution in [-0.4, -0.2) is 11.1 Å². The van der Waals surface area contributed by atoms with Gasteiger partial charge in [-0.1, -0.05) is 41.9 Å². The lowest BCUT2D eigenvalue weighted by atomic mass is 10.0. The average molecular weight is 360 g/mol. The zero-order valence-electron chi connectivity index (χ0n) is 12.3. The second-order valence-corrected chi connectivity index (χ2v) is 5.41. The van der Waals surface area contributed by atoms with Crippen molar-refractivity contribution in [3.05, 3.63) is 69.2 Å². The molecule has 0 aromatic heterocycles. The maximum absolute atomic E-state index is 12.6. The van der Waals surface area contributed by atoms with Gasteiger partial charge in [-0.25, -0.2) is 0 Å². The SMILES string of the molecule is O=[N+]([O-])c1ccccc1OC(CCC(F)(F)F)c1ccccc1Cl. The summed E-state index contributed by atoms with van der Waals surface area (Å²) in [4.78, 5) is 10.4. The van der Waals surface area contributed by atoms with Gasteiger partial charge in [-0.05, 0) is 18.6 Å². The third kappa shape index (κ3) is 4.86. The van der Waals surface area contributed by atoms with Crippen molar-refractivity contribution >= 4 is 17.3 Å². The van der Waals surface area contributed by atoms with Gasteiger partial charge in [0.1, 0.15) is 6.10 Å². The molecule has 2 aromatic rings. The Bertz CT molecular complexity index is 722. The van der Waals surface area contributed by atoms with Crippen LogP contribution in [0.5, 0.6) is 5.75 Å². The van der Waals surface area contributed by atoms with E-state index in [2.05, 4.69) is 0 Å². The Kier molecular flexibility index (Phi) is 5.66. The summed E-state index contributed by atoms with van der Waals surface area (Å²) in [5.74, 6) is -0.102. The van der Waals surface area contributed by atoms with Crippen molar-refractivity contribution in [3.8, 4) is 5.75 Å². The van der Waals surface area contributed by atoms with E-state index in [0.717, 1.165) is 0 Å². The molecule has 0 fully saturated rings. The summed E-state index contributed by atoms with van der Waals surface area (Å²) in [6.07, 6.45) is -6.92. The highest BCUT2D eigenvalue weighted by Gasteiger charge is 2.31. The number of hydrogen-bond acceptors (Lipinski definition) is 3. The number of nitro groups is 1. The lowest BCUT2D eigenvalue weighted by Crippen LogP contribution is -2.15. The van der Waals surface area contributed by atoms with Gasteiger partial charge in [0.25, 0.3) is 0 Å². The summed E-state index contributed by atoms with van der Waals surface area (Å²) >= 11 is 6.04. The average Bonchev–Trinajstić information content (AvgIpc) is 2.51. The first-order valence-corrected chi connectivity index (χ1v) is 7.37. The molecule has 0 radical (unpaired) electrons. The van der Waals surface area contributed by atoms with Crippen LogP contribution in [0.15, 0.2) is 48.5 Å². The Morgan fingerprint density at radius 2 is 1.75 bits per heavy atom. The van der Waals surface area contributed by atoms with Crippen LogP contribution >= 0.6 is 11.6 Å². The molecule has 0 aliphatic heterocycles. The summed E-state index contributed by atoms with van der Waals surface area (Å²) in [6, 6.07) is 11.8. The third-order valence-corrected chi connectivity index (χ3v) is 3.62. The predicted molar refractivity (Wildman–Crippen MR) is 83.2 cm³/mol. The highest BCUT2D eigenvalue weighted by atomic mass is 35.5. The van der Waals surface area contributed by atoms with Gasteiger partial charge in [0.15, 0.2) is 5.75 Å². The molecule has 0 aliphatic rings. The molecule has 1 unspecified atom stereocenters. The van der Waals surface area contributed by atoms with Gasteiger partial charge in [0.2, 0.25) is 0 Å². The summed E-state index contributed by atoms with van der Waals surface area (Å²) in [7, 11) is 0. The zero-order chi connectivity index (χ0) is 17.7. The number of halogens is 4. The Hall–Kier alpha value is -2.28. The highest BCUT2D eigenvalue weighted by Crippen LogP contribution is 2.37. The summed E-state index contributed by atoms with van der Waals surface area (Å²) in [5, 5.41) is 11.3. The van der Waals surface area contributed by atoms with Gasteiger partial charge in [-0.2, -0.15) is 13.2 Å². The first-order chi connectivity index (χ1) is 11.3. The molecule has 128 valence electrons. The van der Waals surface area contributed by atoms with Crippen molar-refractivity contribution in [2.45, 2.75) is 25.1 Å². The largest absolute Gasteiger partial charge is 0.479 e. The van der Waals surface area contributed by atoms with Crippen LogP contribution < -0.4 is 4.74 Å². The standard InChI is InChI=1S/C16H13ClF3NO3/c17-12-6-2-1-5-11(12)14(9-10-16(18,19)20)24-15-8-4-3-7-13(15)21(22)23/h1-8,14H,9-10H2. The highest BCUT2D eigenvalue weighted by molar-refractivity contribution is 6.31. The summed E-state index contributed by atoms with van der Waals surface area (Å²) in [6.45, 7) is 0. The smallest absolute Gasteiger partial charge is 0.389 e. The number of nitrogens with zero attached hydrogens (tertiary/aromatic N) is 1. The van der Waals surface area contributed by atoms with E-state index in [9.17, 15) is 23.3 Å². The van der Waals surface area contributed by atoms with Gasteiger partial charge in [-0.3, -0.25) is 10.1 Å². The molecule has 24 heavy (non-hydrogen) atoms. The van der Waals surface area contributed by atoms with Crippen LogP contribution in [0.1, 0.15) is 24.5 Å². The molecule has 0 saturated carbocycles. The molecule has 0 aliphatic carbocycles. The Labute approximate surface area is 141 Å². The minimum absolute atomic E-state index is 0.102. The van der Waals surface area contributed by atoms with Gasteiger partial charge >= 0.3 is 11.9 Å². The van der Waals surface area contributed by atoms with E-state index in [1.165, 1.54) is 36.4 Å². The first-order valence-electron chi connectivity index (χ1n) is 6.99. The zero-order valence-corrected chi connectivity index (χ0v) is 13.1. The molecule has 0 amide bonds. The van der Waals surface area contributed by atoms with Crippen LogP contribution in [-0.2, 0) is 0 Å². The monoisotopic (exact) mass is 359 g/mol. The Morgan fingerprint density at radius 1 is 1.12 bits per heavy atom. The number of alkyl halides is 3. The fourth-order valence-corrected chi connectivity index (χ4v) is 2.43. The molecule has 4 nitrogen and oxygen atoms in total. The van der Waals surface area contributed by atoms with Crippen molar-refractivity contribution in [1.82, 2.24) is 0 Å². The minimum atomic E-state index is -4.37. The van der Waals surface area contributed by atoms with Crippen molar-refractivity contribution in [2.75, 3.05) is 0 Å².